The molecule has 10 rings (SSSR count). The van der Waals surface area contributed by atoms with Crippen LogP contribution in [0.3, 0.4) is 0 Å². The number of rotatable bonds is 4. The van der Waals surface area contributed by atoms with Crippen molar-refractivity contribution in [3.8, 4) is 45.2 Å². The molecular weight excluding hydrogens is 609 g/mol. The molecule has 7 aromatic carbocycles. The fourth-order valence-corrected chi connectivity index (χ4v) is 7.33. The molecule has 0 fully saturated rings. The van der Waals surface area contributed by atoms with Gasteiger partial charge in [0.25, 0.3) is 0 Å². The molecule has 3 heterocycles. The van der Waals surface area contributed by atoms with E-state index in [1.807, 2.05) is 12.3 Å². The Hall–Kier alpha value is -6.78. The third kappa shape index (κ3) is 4.61. The van der Waals surface area contributed by atoms with Gasteiger partial charge in [0.1, 0.15) is 0 Å². The SMILES string of the molecule is c1ccc2c(-c3cc(-c4ccc(-c5ccc6ccc7cccnc7c6n5)c5ccccc45)nc(-c4cccc5ccccc45)n3)cccc2c1. The lowest BCUT2D eigenvalue weighted by atomic mass is 9.94. The number of hydrogen-bond donors (Lipinski definition) is 0. The average Bonchev–Trinajstić information content (AvgIpc) is 3.19. The van der Waals surface area contributed by atoms with Crippen LogP contribution in [-0.2, 0) is 0 Å². The Kier molecular flexibility index (Phi) is 6.46. The fourth-order valence-electron chi connectivity index (χ4n) is 7.33. The zero-order valence-electron chi connectivity index (χ0n) is 27.0. The normalized spacial score (nSPS) is 11.6. The van der Waals surface area contributed by atoms with Crippen LogP contribution in [0.1, 0.15) is 0 Å². The zero-order chi connectivity index (χ0) is 33.0. The van der Waals surface area contributed by atoms with Gasteiger partial charge in [0.2, 0.25) is 0 Å². The van der Waals surface area contributed by atoms with E-state index in [0.717, 1.165) is 88.1 Å². The minimum atomic E-state index is 0.700. The van der Waals surface area contributed by atoms with Gasteiger partial charge in [-0.3, -0.25) is 4.98 Å². The lowest BCUT2D eigenvalue weighted by Gasteiger charge is -2.15. The summed E-state index contributed by atoms with van der Waals surface area (Å²) in [5, 5.41) is 9.00. The predicted octanol–water partition coefficient (Wildman–Crippen LogP) is 11.7. The van der Waals surface area contributed by atoms with Crippen molar-refractivity contribution in [2.75, 3.05) is 0 Å². The Labute approximate surface area is 288 Å². The molecule has 0 N–H and O–H groups in total. The molecule has 232 valence electrons. The second-order valence-electron chi connectivity index (χ2n) is 12.6. The van der Waals surface area contributed by atoms with E-state index in [-0.39, 0.29) is 0 Å². The number of nitrogens with zero attached hydrogens (tertiary/aromatic N) is 4. The van der Waals surface area contributed by atoms with Crippen molar-refractivity contribution in [3.63, 3.8) is 0 Å². The first-order valence-corrected chi connectivity index (χ1v) is 16.8. The van der Waals surface area contributed by atoms with Crippen molar-refractivity contribution in [1.29, 1.82) is 0 Å². The quantitative estimate of drug-likeness (QED) is 0.180. The van der Waals surface area contributed by atoms with Gasteiger partial charge in [-0.15, -0.1) is 0 Å². The van der Waals surface area contributed by atoms with Gasteiger partial charge in [-0.25, -0.2) is 15.0 Å². The summed E-state index contributed by atoms with van der Waals surface area (Å²) in [7, 11) is 0. The Bertz CT molecular complexity index is 2840. The summed E-state index contributed by atoms with van der Waals surface area (Å²) in [6.45, 7) is 0. The van der Waals surface area contributed by atoms with Crippen LogP contribution in [-0.4, -0.2) is 19.9 Å². The molecular formula is C46H28N4. The van der Waals surface area contributed by atoms with Crippen molar-refractivity contribution >= 4 is 54.1 Å². The molecule has 3 aromatic heterocycles. The number of pyridine rings is 2. The number of fused-ring (bicyclic) bond motifs is 6. The van der Waals surface area contributed by atoms with Crippen LogP contribution in [0.5, 0.6) is 0 Å². The molecule has 0 aliphatic rings. The molecule has 10 aromatic rings. The molecule has 0 amide bonds. The summed E-state index contributed by atoms with van der Waals surface area (Å²) in [4.78, 5) is 20.5. The summed E-state index contributed by atoms with van der Waals surface area (Å²) in [6.07, 6.45) is 1.83. The van der Waals surface area contributed by atoms with E-state index >= 15 is 0 Å². The second-order valence-corrected chi connectivity index (χ2v) is 12.6. The van der Waals surface area contributed by atoms with Crippen LogP contribution in [0.2, 0.25) is 0 Å². The van der Waals surface area contributed by atoms with Gasteiger partial charge >= 0.3 is 0 Å². The molecule has 0 spiro atoms. The van der Waals surface area contributed by atoms with Crippen LogP contribution < -0.4 is 0 Å². The van der Waals surface area contributed by atoms with Crippen molar-refractivity contribution in [2.45, 2.75) is 0 Å². The minimum Gasteiger partial charge on any atom is -0.254 e. The molecule has 0 saturated carbocycles. The number of aromatic nitrogens is 4. The monoisotopic (exact) mass is 636 g/mol. The van der Waals surface area contributed by atoms with Crippen LogP contribution in [0.25, 0.3) is 99.3 Å². The highest BCUT2D eigenvalue weighted by atomic mass is 14.9. The van der Waals surface area contributed by atoms with Crippen molar-refractivity contribution in [3.05, 3.63) is 170 Å². The van der Waals surface area contributed by atoms with E-state index < -0.39 is 0 Å². The average molecular weight is 637 g/mol. The molecule has 0 radical (unpaired) electrons. The first kappa shape index (κ1) is 28.3. The maximum Gasteiger partial charge on any atom is 0.161 e. The Morgan fingerprint density at radius 3 is 1.50 bits per heavy atom. The van der Waals surface area contributed by atoms with Gasteiger partial charge in [-0.05, 0) is 50.5 Å². The van der Waals surface area contributed by atoms with Crippen LogP contribution in [0.4, 0.5) is 0 Å². The number of benzene rings is 7. The van der Waals surface area contributed by atoms with E-state index in [1.165, 1.54) is 5.39 Å². The molecule has 0 aliphatic carbocycles. The first-order chi connectivity index (χ1) is 24.8. The Morgan fingerprint density at radius 2 is 0.800 bits per heavy atom. The summed E-state index contributed by atoms with van der Waals surface area (Å²) in [6, 6.07) is 57.3. The van der Waals surface area contributed by atoms with E-state index in [9.17, 15) is 0 Å². The lowest BCUT2D eigenvalue weighted by Crippen LogP contribution is -1.98. The van der Waals surface area contributed by atoms with Gasteiger partial charge in [0, 0.05) is 39.2 Å². The van der Waals surface area contributed by atoms with Crippen LogP contribution in [0, 0.1) is 0 Å². The molecule has 0 aliphatic heterocycles. The smallest absolute Gasteiger partial charge is 0.161 e. The standard InChI is InChI=1S/C46H28N4/c1-3-15-33-29(10-1)12-7-19-37(33)42-28-43(50-46(49-42)40-20-8-13-30-11-2-4-16-34(30)40)39-25-24-38(35-17-5-6-18-36(35)39)41-26-23-32-22-21-31-14-9-27-47-44(31)45(32)48-41/h1-28H. The highest BCUT2D eigenvalue weighted by molar-refractivity contribution is 6.07. The maximum absolute atomic E-state index is 5.32. The van der Waals surface area contributed by atoms with Gasteiger partial charge < -0.3 is 0 Å². The summed E-state index contributed by atoms with van der Waals surface area (Å²) in [5.74, 6) is 0.700. The van der Waals surface area contributed by atoms with Crippen LogP contribution in [0.15, 0.2) is 170 Å². The highest BCUT2D eigenvalue weighted by Gasteiger charge is 2.17. The molecule has 4 nitrogen and oxygen atoms in total. The summed E-state index contributed by atoms with van der Waals surface area (Å²) >= 11 is 0. The second kappa shape index (κ2) is 11.4. The van der Waals surface area contributed by atoms with Gasteiger partial charge in [0.15, 0.2) is 5.82 Å². The van der Waals surface area contributed by atoms with Crippen molar-refractivity contribution < 1.29 is 0 Å². The van der Waals surface area contributed by atoms with E-state index in [2.05, 4.69) is 163 Å². The maximum atomic E-state index is 5.32. The third-order valence-corrected chi connectivity index (χ3v) is 9.73. The highest BCUT2D eigenvalue weighted by Crippen LogP contribution is 2.39. The Morgan fingerprint density at radius 1 is 0.300 bits per heavy atom. The van der Waals surface area contributed by atoms with Crippen LogP contribution >= 0.6 is 0 Å². The molecule has 0 unspecified atom stereocenters. The Balaban J connectivity index is 1.21. The predicted molar refractivity (Wildman–Crippen MR) is 207 cm³/mol. The van der Waals surface area contributed by atoms with Gasteiger partial charge in [0.05, 0.1) is 28.1 Å². The van der Waals surface area contributed by atoms with E-state index in [1.54, 1.807) is 0 Å². The minimum absolute atomic E-state index is 0.700. The largest absolute Gasteiger partial charge is 0.254 e. The van der Waals surface area contributed by atoms with Gasteiger partial charge in [-0.2, -0.15) is 0 Å². The fraction of sp³-hybridized carbons (Fsp3) is 0. The molecule has 0 atom stereocenters. The lowest BCUT2D eigenvalue weighted by molar-refractivity contribution is 1.19. The zero-order valence-corrected chi connectivity index (χ0v) is 27.0. The summed E-state index contributed by atoms with van der Waals surface area (Å²) in [5.41, 5.74) is 8.69. The van der Waals surface area contributed by atoms with E-state index in [0.29, 0.717) is 5.82 Å². The molecule has 0 bridgehead atoms. The van der Waals surface area contributed by atoms with Crippen molar-refractivity contribution in [2.24, 2.45) is 0 Å². The molecule has 4 heteroatoms. The van der Waals surface area contributed by atoms with Crippen molar-refractivity contribution in [1.82, 2.24) is 19.9 Å². The number of hydrogen-bond acceptors (Lipinski definition) is 4. The molecule has 0 saturated heterocycles. The topological polar surface area (TPSA) is 51.6 Å². The van der Waals surface area contributed by atoms with Gasteiger partial charge in [-0.1, -0.05) is 146 Å². The molecule has 50 heavy (non-hydrogen) atoms. The van der Waals surface area contributed by atoms with E-state index in [4.69, 9.17) is 15.0 Å². The third-order valence-electron chi connectivity index (χ3n) is 9.73. The summed E-state index contributed by atoms with van der Waals surface area (Å²) < 4.78 is 0. The first-order valence-electron chi connectivity index (χ1n) is 16.8.